The number of thiophene rings is 1. The topological polar surface area (TPSA) is 67.3 Å². The van der Waals surface area contributed by atoms with Crippen LogP contribution in [0, 0.1) is 12.3 Å². The highest BCUT2D eigenvalue weighted by molar-refractivity contribution is 7.22. The first-order valence-electron chi connectivity index (χ1n) is 8.58. The molecule has 2 aromatic heterocycles. The predicted octanol–water partition coefficient (Wildman–Crippen LogP) is 4.58. The Morgan fingerprint density at radius 2 is 2.07 bits per heavy atom. The molecule has 0 aliphatic rings. The number of rotatable bonds is 5. The Hall–Kier alpha value is -3.40. The van der Waals surface area contributed by atoms with Crippen LogP contribution in [0.4, 0.5) is 11.5 Å². The lowest BCUT2D eigenvalue weighted by atomic mass is 10.1. The Bertz CT molecular complexity index is 1190. The smallest absolute Gasteiger partial charge is 0.142 e. The molecule has 0 saturated carbocycles. The number of fused-ring (bicyclic) bond motifs is 1. The monoisotopic (exact) mass is 387 g/mol. The van der Waals surface area contributed by atoms with Gasteiger partial charge in [-0.1, -0.05) is 18.1 Å². The van der Waals surface area contributed by atoms with Crippen molar-refractivity contribution in [3.05, 3.63) is 66.0 Å². The number of benzene rings is 2. The SMILES string of the molecule is C#Cc1cccc(Nc2ncnc3sc(-c4ccc(CO)cc4OC)cc23)c1. The van der Waals surface area contributed by atoms with Gasteiger partial charge in [0.15, 0.2) is 0 Å². The van der Waals surface area contributed by atoms with Crippen LogP contribution in [0.1, 0.15) is 11.1 Å². The number of aliphatic hydroxyl groups excluding tert-OH is 1. The molecule has 0 saturated heterocycles. The highest BCUT2D eigenvalue weighted by atomic mass is 32.1. The maximum absolute atomic E-state index is 9.36. The number of nitrogens with one attached hydrogen (secondary N) is 1. The number of ether oxygens (including phenoxy) is 1. The highest BCUT2D eigenvalue weighted by Crippen LogP contribution is 2.40. The van der Waals surface area contributed by atoms with Gasteiger partial charge in [0.05, 0.1) is 19.1 Å². The van der Waals surface area contributed by atoms with Crippen LogP contribution >= 0.6 is 11.3 Å². The van der Waals surface area contributed by atoms with Crippen molar-refractivity contribution in [1.29, 1.82) is 0 Å². The molecule has 138 valence electrons. The zero-order valence-electron chi connectivity index (χ0n) is 15.1. The number of terminal acetylenes is 1. The second kappa shape index (κ2) is 7.69. The predicted molar refractivity (Wildman–Crippen MR) is 113 cm³/mol. The summed E-state index contributed by atoms with van der Waals surface area (Å²) in [6.45, 7) is -0.0285. The summed E-state index contributed by atoms with van der Waals surface area (Å²) in [5, 5.41) is 13.6. The van der Waals surface area contributed by atoms with Gasteiger partial charge in [0.2, 0.25) is 0 Å². The average molecular weight is 387 g/mol. The van der Waals surface area contributed by atoms with Crippen molar-refractivity contribution in [2.45, 2.75) is 6.61 Å². The molecule has 28 heavy (non-hydrogen) atoms. The van der Waals surface area contributed by atoms with E-state index in [4.69, 9.17) is 11.2 Å². The molecular formula is C22H17N3O2S. The lowest BCUT2D eigenvalue weighted by Crippen LogP contribution is -1.94. The Morgan fingerprint density at radius 1 is 1.18 bits per heavy atom. The molecule has 0 fully saturated rings. The molecule has 6 heteroatoms. The Kier molecular flexibility index (Phi) is 4.94. The lowest BCUT2D eigenvalue weighted by molar-refractivity contribution is 0.281. The van der Waals surface area contributed by atoms with Crippen LogP contribution in [0.25, 0.3) is 20.7 Å². The van der Waals surface area contributed by atoms with Crippen LogP contribution in [-0.2, 0) is 6.61 Å². The van der Waals surface area contributed by atoms with Gasteiger partial charge in [0.25, 0.3) is 0 Å². The average Bonchev–Trinajstić information content (AvgIpc) is 3.18. The third-order valence-electron chi connectivity index (χ3n) is 4.34. The summed E-state index contributed by atoms with van der Waals surface area (Å²) in [7, 11) is 1.62. The third kappa shape index (κ3) is 3.41. The fraction of sp³-hybridized carbons (Fsp3) is 0.0909. The van der Waals surface area contributed by atoms with E-state index in [1.165, 1.54) is 0 Å². The van der Waals surface area contributed by atoms with Crippen molar-refractivity contribution in [2.75, 3.05) is 12.4 Å². The quantitative estimate of drug-likeness (QED) is 0.491. The van der Waals surface area contributed by atoms with Gasteiger partial charge in [-0.05, 0) is 42.0 Å². The first-order valence-corrected chi connectivity index (χ1v) is 9.40. The van der Waals surface area contributed by atoms with Crippen molar-refractivity contribution in [3.63, 3.8) is 0 Å². The first kappa shape index (κ1) is 18.0. The molecule has 0 amide bonds. The van der Waals surface area contributed by atoms with Crippen LogP contribution in [-0.4, -0.2) is 22.2 Å². The van der Waals surface area contributed by atoms with E-state index in [0.717, 1.165) is 37.5 Å². The van der Waals surface area contributed by atoms with Crippen molar-refractivity contribution >= 4 is 33.1 Å². The van der Waals surface area contributed by atoms with Crippen molar-refractivity contribution in [1.82, 2.24) is 9.97 Å². The number of hydrogen-bond acceptors (Lipinski definition) is 6. The van der Waals surface area contributed by atoms with E-state index in [1.54, 1.807) is 24.8 Å². The van der Waals surface area contributed by atoms with E-state index in [1.807, 2.05) is 48.5 Å². The van der Waals surface area contributed by atoms with E-state index < -0.39 is 0 Å². The molecule has 0 aliphatic heterocycles. The molecule has 0 atom stereocenters. The normalized spacial score (nSPS) is 10.6. The summed E-state index contributed by atoms with van der Waals surface area (Å²) in [4.78, 5) is 10.7. The Morgan fingerprint density at radius 3 is 2.86 bits per heavy atom. The number of hydrogen-bond donors (Lipinski definition) is 2. The summed E-state index contributed by atoms with van der Waals surface area (Å²) in [5.74, 6) is 4.06. The number of aromatic nitrogens is 2. The summed E-state index contributed by atoms with van der Waals surface area (Å²) in [6.07, 6.45) is 7.03. The van der Waals surface area contributed by atoms with Gasteiger partial charge < -0.3 is 15.2 Å². The van der Waals surface area contributed by atoms with Crippen LogP contribution in [0.2, 0.25) is 0 Å². The number of methoxy groups -OCH3 is 1. The van der Waals surface area contributed by atoms with Crippen molar-refractivity contribution in [3.8, 4) is 28.5 Å². The van der Waals surface area contributed by atoms with E-state index in [0.29, 0.717) is 11.6 Å². The molecule has 0 aliphatic carbocycles. The first-order chi connectivity index (χ1) is 13.7. The van der Waals surface area contributed by atoms with Crippen molar-refractivity contribution in [2.24, 2.45) is 0 Å². The lowest BCUT2D eigenvalue weighted by Gasteiger charge is -2.08. The van der Waals surface area contributed by atoms with Crippen LogP contribution in [0.3, 0.4) is 0 Å². The van der Waals surface area contributed by atoms with Crippen LogP contribution in [0.15, 0.2) is 54.9 Å². The van der Waals surface area contributed by atoms with E-state index in [9.17, 15) is 5.11 Å². The molecule has 4 aromatic rings. The Balaban J connectivity index is 1.76. The molecule has 5 nitrogen and oxygen atoms in total. The van der Waals surface area contributed by atoms with E-state index in [2.05, 4.69) is 21.2 Å². The summed E-state index contributed by atoms with van der Waals surface area (Å²) in [5.41, 5.74) is 3.42. The molecule has 0 radical (unpaired) electrons. The molecule has 0 unspecified atom stereocenters. The molecular weight excluding hydrogens is 370 g/mol. The van der Waals surface area contributed by atoms with Crippen LogP contribution in [0.5, 0.6) is 5.75 Å². The van der Waals surface area contributed by atoms with Gasteiger partial charge >= 0.3 is 0 Å². The molecule has 4 rings (SSSR count). The van der Waals surface area contributed by atoms with Gasteiger partial charge in [-0.3, -0.25) is 0 Å². The molecule has 2 heterocycles. The molecule has 0 spiro atoms. The Labute approximate surface area is 166 Å². The molecule has 0 bridgehead atoms. The van der Waals surface area contributed by atoms with Gasteiger partial charge in [-0.15, -0.1) is 17.8 Å². The zero-order valence-corrected chi connectivity index (χ0v) is 16.0. The highest BCUT2D eigenvalue weighted by Gasteiger charge is 2.14. The fourth-order valence-electron chi connectivity index (χ4n) is 2.95. The summed E-state index contributed by atoms with van der Waals surface area (Å²) in [6, 6.07) is 15.4. The van der Waals surface area contributed by atoms with Crippen molar-refractivity contribution < 1.29 is 9.84 Å². The number of anilines is 2. The summed E-state index contributed by atoms with van der Waals surface area (Å²) < 4.78 is 5.51. The standard InChI is InChI=1S/C22H17N3O2S/c1-3-14-5-4-6-16(9-14)25-21-18-11-20(28-22(18)24-13-23-21)17-8-7-15(12-26)10-19(17)27-2/h1,4-11,13,26H,12H2,2H3,(H,23,24,25). The van der Waals surface area contributed by atoms with Gasteiger partial charge in [-0.25, -0.2) is 9.97 Å². The van der Waals surface area contributed by atoms with Crippen LogP contribution < -0.4 is 10.1 Å². The minimum absolute atomic E-state index is 0.0285. The largest absolute Gasteiger partial charge is 0.496 e. The van der Waals surface area contributed by atoms with Gasteiger partial charge in [0, 0.05) is 21.7 Å². The summed E-state index contributed by atoms with van der Waals surface area (Å²) >= 11 is 1.56. The third-order valence-corrected chi connectivity index (χ3v) is 5.41. The number of aliphatic hydroxyl groups is 1. The maximum atomic E-state index is 9.36. The minimum Gasteiger partial charge on any atom is -0.496 e. The van der Waals surface area contributed by atoms with E-state index in [-0.39, 0.29) is 6.61 Å². The fourth-order valence-corrected chi connectivity index (χ4v) is 3.98. The van der Waals surface area contributed by atoms with Gasteiger partial charge in [0.1, 0.15) is 22.7 Å². The minimum atomic E-state index is -0.0285. The molecule has 2 aromatic carbocycles. The van der Waals surface area contributed by atoms with Gasteiger partial charge in [-0.2, -0.15) is 0 Å². The number of nitrogens with zero attached hydrogens (tertiary/aromatic N) is 2. The zero-order chi connectivity index (χ0) is 19.5. The molecule has 2 N–H and O–H groups in total. The second-order valence-corrected chi connectivity index (χ2v) is 7.13. The van der Waals surface area contributed by atoms with E-state index >= 15 is 0 Å². The second-order valence-electron chi connectivity index (χ2n) is 6.09. The maximum Gasteiger partial charge on any atom is 0.142 e.